The number of rotatable bonds is 2. The molecule has 0 N–H and O–H groups in total. The van der Waals surface area contributed by atoms with Crippen LogP contribution in [0.5, 0.6) is 0 Å². The molecule has 0 aromatic carbocycles. The van der Waals surface area contributed by atoms with Gasteiger partial charge in [0.2, 0.25) is 0 Å². The molecule has 0 spiro atoms. The van der Waals surface area contributed by atoms with Crippen molar-refractivity contribution in [3.05, 3.63) is 11.8 Å². The summed E-state index contributed by atoms with van der Waals surface area (Å²) in [6, 6.07) is 0. The molecule has 1 aliphatic heterocycles. The molecule has 0 radical (unpaired) electrons. The summed E-state index contributed by atoms with van der Waals surface area (Å²) in [5.74, 6) is -0.236. The van der Waals surface area contributed by atoms with Gasteiger partial charge < -0.3 is 4.18 Å². The number of alkyl halides is 3. The van der Waals surface area contributed by atoms with E-state index in [1.54, 1.807) is 6.92 Å². The largest absolute Gasteiger partial charge is 0.534 e. The van der Waals surface area contributed by atoms with Crippen molar-refractivity contribution in [2.24, 2.45) is 4.99 Å². The van der Waals surface area contributed by atoms with E-state index in [-0.39, 0.29) is 18.7 Å². The summed E-state index contributed by atoms with van der Waals surface area (Å²) in [5.41, 5.74) is -4.86. The molecule has 8 heteroatoms. The average Bonchev–Trinajstić information content (AvgIpc) is 2.00. The van der Waals surface area contributed by atoms with Gasteiger partial charge in [-0.2, -0.15) is 21.6 Å². The topological polar surface area (TPSA) is 55.7 Å². The molecule has 0 unspecified atom stereocenters. The molecule has 0 amide bonds. The van der Waals surface area contributed by atoms with Crippen LogP contribution in [-0.2, 0) is 14.3 Å². The lowest BCUT2D eigenvalue weighted by Gasteiger charge is -2.14. The molecule has 0 saturated heterocycles. The Bertz CT molecular complexity index is 408. The van der Waals surface area contributed by atoms with E-state index in [9.17, 15) is 21.6 Å². The van der Waals surface area contributed by atoms with E-state index < -0.39 is 15.6 Å². The van der Waals surface area contributed by atoms with Gasteiger partial charge in [-0.3, -0.25) is 4.99 Å². The summed E-state index contributed by atoms with van der Waals surface area (Å²) in [4.78, 5) is 3.86. The number of allylic oxidation sites excluding steroid dienone is 1. The summed E-state index contributed by atoms with van der Waals surface area (Å²) >= 11 is 0. The standard InChI is InChI=1S/C7H8F3NO3S/c1-5-4-6(2-3-11-5)14-15(12,13)7(8,9)10/h2H,3-4H2,1H3. The number of dihydropyridines is 1. The van der Waals surface area contributed by atoms with Crippen LogP contribution >= 0.6 is 0 Å². The normalized spacial score (nSPS) is 18.1. The fourth-order valence-corrected chi connectivity index (χ4v) is 1.44. The van der Waals surface area contributed by atoms with Crippen molar-refractivity contribution in [3.63, 3.8) is 0 Å². The summed E-state index contributed by atoms with van der Waals surface area (Å²) in [7, 11) is -5.54. The Labute approximate surface area is 84.6 Å². The van der Waals surface area contributed by atoms with E-state index in [0.717, 1.165) is 0 Å². The second-order valence-electron chi connectivity index (χ2n) is 2.91. The van der Waals surface area contributed by atoms with Crippen molar-refractivity contribution in [2.75, 3.05) is 6.54 Å². The van der Waals surface area contributed by atoms with Gasteiger partial charge in [0.15, 0.2) is 0 Å². The minimum absolute atomic E-state index is 0.0185. The Balaban J connectivity index is 2.76. The van der Waals surface area contributed by atoms with E-state index >= 15 is 0 Å². The molecular formula is C7H8F3NO3S. The van der Waals surface area contributed by atoms with Crippen LogP contribution in [0.25, 0.3) is 0 Å². The predicted octanol–water partition coefficient (Wildman–Crippen LogP) is 1.60. The third-order valence-electron chi connectivity index (χ3n) is 1.61. The van der Waals surface area contributed by atoms with E-state index in [0.29, 0.717) is 5.71 Å². The highest BCUT2D eigenvalue weighted by atomic mass is 32.2. The van der Waals surface area contributed by atoms with Gasteiger partial charge in [-0.15, -0.1) is 0 Å². The lowest BCUT2D eigenvalue weighted by Crippen LogP contribution is -2.26. The molecule has 1 heterocycles. The van der Waals surface area contributed by atoms with Crippen LogP contribution in [-0.4, -0.2) is 26.2 Å². The van der Waals surface area contributed by atoms with Crippen molar-refractivity contribution < 1.29 is 25.8 Å². The zero-order chi connectivity index (χ0) is 11.7. The first-order valence-electron chi connectivity index (χ1n) is 3.92. The number of aliphatic imine (C=N–C) groups is 1. The van der Waals surface area contributed by atoms with Crippen LogP contribution in [0.2, 0.25) is 0 Å². The van der Waals surface area contributed by atoms with Crippen molar-refractivity contribution in [1.82, 2.24) is 0 Å². The fraction of sp³-hybridized carbons (Fsp3) is 0.571. The first kappa shape index (κ1) is 12.0. The van der Waals surface area contributed by atoms with Crippen molar-refractivity contribution >= 4 is 15.8 Å². The first-order valence-corrected chi connectivity index (χ1v) is 5.33. The Morgan fingerprint density at radius 2 is 2.07 bits per heavy atom. The van der Waals surface area contributed by atoms with Gasteiger partial charge in [0.1, 0.15) is 5.76 Å². The molecule has 0 aliphatic carbocycles. The fourth-order valence-electron chi connectivity index (χ4n) is 0.935. The molecule has 1 aliphatic rings. The van der Waals surface area contributed by atoms with E-state index in [1.165, 1.54) is 6.08 Å². The molecule has 0 aromatic heterocycles. The van der Waals surface area contributed by atoms with Crippen molar-refractivity contribution in [1.29, 1.82) is 0 Å². The zero-order valence-corrected chi connectivity index (χ0v) is 8.52. The Morgan fingerprint density at radius 1 is 1.47 bits per heavy atom. The maximum Gasteiger partial charge on any atom is 0.534 e. The molecule has 0 atom stereocenters. The Morgan fingerprint density at radius 3 is 2.53 bits per heavy atom. The summed E-state index contributed by atoms with van der Waals surface area (Å²) in [6.45, 7) is 1.71. The second-order valence-corrected chi connectivity index (χ2v) is 4.44. The molecule has 1 rings (SSSR count). The van der Waals surface area contributed by atoms with Crippen LogP contribution in [0, 0.1) is 0 Å². The SMILES string of the molecule is CC1=NCC=C(OS(=O)(=O)C(F)(F)F)C1. The van der Waals surface area contributed by atoms with E-state index in [1.807, 2.05) is 0 Å². The molecule has 15 heavy (non-hydrogen) atoms. The summed E-state index contributed by atoms with van der Waals surface area (Å²) in [6.07, 6.45) is 1.19. The minimum Gasteiger partial charge on any atom is -0.380 e. The van der Waals surface area contributed by atoms with E-state index in [2.05, 4.69) is 9.18 Å². The Kier molecular flexibility index (Phi) is 3.08. The highest BCUT2D eigenvalue weighted by Gasteiger charge is 2.48. The zero-order valence-electron chi connectivity index (χ0n) is 7.71. The second kappa shape index (κ2) is 3.84. The summed E-state index contributed by atoms with van der Waals surface area (Å²) in [5, 5.41) is 0. The third kappa shape index (κ3) is 2.95. The van der Waals surface area contributed by atoms with Gasteiger partial charge >= 0.3 is 15.6 Å². The number of hydrogen-bond donors (Lipinski definition) is 0. The van der Waals surface area contributed by atoms with Crippen molar-refractivity contribution in [2.45, 2.75) is 18.9 Å². The Hall–Kier alpha value is -1.05. The van der Waals surface area contributed by atoms with Crippen LogP contribution < -0.4 is 0 Å². The molecule has 0 aromatic rings. The quantitative estimate of drug-likeness (QED) is 0.546. The molecule has 4 nitrogen and oxygen atoms in total. The highest BCUT2D eigenvalue weighted by molar-refractivity contribution is 7.87. The molecular weight excluding hydrogens is 235 g/mol. The molecule has 86 valence electrons. The maximum absolute atomic E-state index is 11.9. The lowest BCUT2D eigenvalue weighted by molar-refractivity contribution is -0.0522. The van der Waals surface area contributed by atoms with Gasteiger partial charge in [0, 0.05) is 12.1 Å². The molecule has 0 fully saturated rings. The van der Waals surface area contributed by atoms with Crippen LogP contribution in [0.1, 0.15) is 13.3 Å². The maximum atomic E-state index is 11.9. The predicted molar refractivity (Wildman–Crippen MR) is 46.7 cm³/mol. The summed E-state index contributed by atoms with van der Waals surface area (Å²) < 4.78 is 60.9. The smallest absolute Gasteiger partial charge is 0.380 e. The molecule has 0 bridgehead atoms. The number of halogens is 3. The minimum atomic E-state index is -5.54. The first-order chi connectivity index (χ1) is 6.72. The molecule has 0 saturated carbocycles. The monoisotopic (exact) mass is 243 g/mol. The highest BCUT2D eigenvalue weighted by Crippen LogP contribution is 2.27. The third-order valence-corrected chi connectivity index (χ3v) is 2.61. The van der Waals surface area contributed by atoms with Gasteiger partial charge in [-0.25, -0.2) is 0 Å². The van der Waals surface area contributed by atoms with Crippen molar-refractivity contribution in [3.8, 4) is 0 Å². The van der Waals surface area contributed by atoms with Gasteiger partial charge in [0.05, 0.1) is 6.54 Å². The van der Waals surface area contributed by atoms with E-state index in [4.69, 9.17) is 0 Å². The van der Waals surface area contributed by atoms with Crippen LogP contribution in [0.15, 0.2) is 16.8 Å². The van der Waals surface area contributed by atoms with Crippen LogP contribution in [0.4, 0.5) is 13.2 Å². The van der Waals surface area contributed by atoms with Gasteiger partial charge in [-0.1, -0.05) is 0 Å². The van der Waals surface area contributed by atoms with Gasteiger partial charge in [-0.05, 0) is 13.0 Å². The number of nitrogens with zero attached hydrogens (tertiary/aromatic N) is 1. The lowest BCUT2D eigenvalue weighted by atomic mass is 10.2. The van der Waals surface area contributed by atoms with Crippen LogP contribution in [0.3, 0.4) is 0 Å². The van der Waals surface area contributed by atoms with Gasteiger partial charge in [0.25, 0.3) is 0 Å². The number of hydrogen-bond acceptors (Lipinski definition) is 4. The average molecular weight is 243 g/mol.